The van der Waals surface area contributed by atoms with Crippen molar-refractivity contribution in [1.29, 1.82) is 0 Å². The minimum absolute atomic E-state index is 0.0763. The summed E-state index contributed by atoms with van der Waals surface area (Å²) in [5.41, 5.74) is 0. The highest BCUT2D eigenvalue weighted by molar-refractivity contribution is 5.76. The first kappa shape index (κ1) is 72.3. The monoisotopic (exact) mass is 1050 g/mol. The fourth-order valence-electron chi connectivity index (χ4n) is 9.05. The molecule has 0 bridgehead atoms. The molecular formula is C72H121NO3. The summed E-state index contributed by atoms with van der Waals surface area (Å²) in [7, 11) is 0. The quantitative estimate of drug-likeness (QED) is 0.0420. The zero-order chi connectivity index (χ0) is 54.8. The van der Waals surface area contributed by atoms with Crippen molar-refractivity contribution in [1.82, 2.24) is 5.32 Å². The molecule has 0 aromatic carbocycles. The van der Waals surface area contributed by atoms with Gasteiger partial charge in [-0.3, -0.25) is 4.79 Å². The van der Waals surface area contributed by atoms with Gasteiger partial charge in [-0.1, -0.05) is 320 Å². The highest BCUT2D eigenvalue weighted by Crippen LogP contribution is 2.17. The van der Waals surface area contributed by atoms with E-state index in [2.05, 4.69) is 165 Å². The second-order valence-electron chi connectivity index (χ2n) is 21.1. The van der Waals surface area contributed by atoms with Crippen molar-refractivity contribution < 1.29 is 15.0 Å². The predicted molar refractivity (Wildman–Crippen MR) is 340 cm³/mol. The number of carbonyl (C=O) groups excluding carboxylic acids is 1. The molecule has 2 unspecified atom stereocenters. The van der Waals surface area contributed by atoms with Gasteiger partial charge in [0.05, 0.1) is 18.8 Å². The van der Waals surface area contributed by atoms with Crippen LogP contribution in [0.3, 0.4) is 0 Å². The van der Waals surface area contributed by atoms with Crippen LogP contribution in [0, 0.1) is 0 Å². The molecule has 432 valence electrons. The molecule has 76 heavy (non-hydrogen) atoms. The summed E-state index contributed by atoms with van der Waals surface area (Å²) in [6.07, 6.45) is 103. The van der Waals surface area contributed by atoms with Crippen molar-refractivity contribution in [2.75, 3.05) is 6.61 Å². The number of rotatable bonds is 57. The number of hydrogen-bond donors (Lipinski definition) is 3. The van der Waals surface area contributed by atoms with E-state index in [-0.39, 0.29) is 12.5 Å². The first-order valence-electron chi connectivity index (χ1n) is 32.0. The molecule has 0 aromatic rings. The fraction of sp³-hybridized carbons (Fsp3) is 0.653. The Morgan fingerprint density at radius 2 is 0.579 bits per heavy atom. The van der Waals surface area contributed by atoms with E-state index < -0.39 is 12.1 Å². The standard InChI is InChI=1S/C72H121NO3/c1-3-5-7-9-11-13-15-17-19-21-23-25-27-29-30-31-32-33-34-35-36-37-38-39-40-41-42-44-46-48-50-52-54-56-58-60-62-64-66-68-72(76)73-70(69-74)71(75)67-65-63-61-59-57-55-53-51-49-47-45-43-28-26-24-22-20-18-16-14-12-10-8-6-4-2/h5,7,11,13,17,19,23,25,29-30,32-33,35-36,38-39,41-42,46,48,52,54,58,60,70-71,74-75H,3-4,6,8-10,12,14-16,18,20-22,24,26-28,31,34,37,40,43-45,47,49-51,53,55-57,59,61-69H2,1-2H3,(H,73,76)/b7-5-,13-11-,19-17-,25-23-,30-29-,33-32-,36-35-,39-38-,42-41-,48-46-,54-52-,60-58-. The maximum absolute atomic E-state index is 12.5. The molecule has 0 aromatic heterocycles. The number of aliphatic hydroxyl groups excluding tert-OH is 2. The molecular weight excluding hydrogens is 927 g/mol. The second kappa shape index (κ2) is 65.6. The van der Waals surface area contributed by atoms with Crippen LogP contribution in [0.1, 0.15) is 284 Å². The molecule has 0 aliphatic heterocycles. The van der Waals surface area contributed by atoms with Crippen molar-refractivity contribution in [3.63, 3.8) is 0 Å². The van der Waals surface area contributed by atoms with Gasteiger partial charge in [0, 0.05) is 6.42 Å². The molecule has 0 heterocycles. The van der Waals surface area contributed by atoms with Gasteiger partial charge in [-0.05, 0) is 103 Å². The smallest absolute Gasteiger partial charge is 0.220 e. The van der Waals surface area contributed by atoms with Crippen LogP contribution in [0.2, 0.25) is 0 Å². The number of allylic oxidation sites excluding steroid dienone is 24. The van der Waals surface area contributed by atoms with Gasteiger partial charge >= 0.3 is 0 Å². The molecule has 2 atom stereocenters. The molecule has 1 amide bonds. The van der Waals surface area contributed by atoms with E-state index in [1.165, 1.54) is 148 Å². The lowest BCUT2D eigenvalue weighted by Gasteiger charge is -2.22. The van der Waals surface area contributed by atoms with Gasteiger partial charge in [0.15, 0.2) is 0 Å². The molecule has 3 N–H and O–H groups in total. The highest BCUT2D eigenvalue weighted by atomic mass is 16.3. The van der Waals surface area contributed by atoms with E-state index in [1.54, 1.807) is 0 Å². The molecule has 0 spiro atoms. The summed E-state index contributed by atoms with van der Waals surface area (Å²) >= 11 is 0. The normalized spacial score (nSPS) is 13.8. The molecule has 0 aliphatic carbocycles. The number of unbranched alkanes of at least 4 members (excludes halogenated alkanes) is 26. The Bertz CT molecular complexity index is 1560. The molecule has 4 nitrogen and oxygen atoms in total. The topological polar surface area (TPSA) is 69.6 Å². The van der Waals surface area contributed by atoms with E-state index in [0.717, 1.165) is 109 Å². The minimum Gasteiger partial charge on any atom is -0.394 e. The molecule has 0 saturated heterocycles. The van der Waals surface area contributed by atoms with Gasteiger partial charge in [0.2, 0.25) is 5.91 Å². The van der Waals surface area contributed by atoms with E-state index in [1.807, 2.05) is 0 Å². The zero-order valence-corrected chi connectivity index (χ0v) is 49.7. The van der Waals surface area contributed by atoms with Crippen LogP contribution in [-0.2, 0) is 4.79 Å². The molecule has 0 radical (unpaired) electrons. The largest absolute Gasteiger partial charge is 0.394 e. The van der Waals surface area contributed by atoms with Gasteiger partial charge in [0.1, 0.15) is 0 Å². The lowest BCUT2D eigenvalue weighted by atomic mass is 10.0. The first-order valence-corrected chi connectivity index (χ1v) is 32.0. The van der Waals surface area contributed by atoms with E-state index in [0.29, 0.717) is 12.8 Å². The third-order valence-electron chi connectivity index (χ3n) is 13.9. The second-order valence-corrected chi connectivity index (χ2v) is 21.1. The number of amides is 1. The van der Waals surface area contributed by atoms with Crippen LogP contribution in [0.25, 0.3) is 0 Å². The highest BCUT2D eigenvalue weighted by Gasteiger charge is 2.20. The Labute approximate surface area is 472 Å². The average Bonchev–Trinajstić information content (AvgIpc) is 3.42. The summed E-state index contributed by atoms with van der Waals surface area (Å²) in [4.78, 5) is 12.5. The number of carbonyl (C=O) groups is 1. The molecule has 0 rings (SSSR count). The molecule has 0 aliphatic rings. The first-order chi connectivity index (χ1) is 37.7. The maximum Gasteiger partial charge on any atom is 0.220 e. The zero-order valence-electron chi connectivity index (χ0n) is 49.7. The van der Waals surface area contributed by atoms with Crippen LogP contribution in [0.5, 0.6) is 0 Å². The number of aliphatic hydroxyl groups is 2. The lowest BCUT2D eigenvalue weighted by Crippen LogP contribution is -2.45. The predicted octanol–water partition coefficient (Wildman–Crippen LogP) is 21.9. The van der Waals surface area contributed by atoms with Crippen molar-refractivity contribution in [3.05, 3.63) is 146 Å². The molecule has 4 heteroatoms. The van der Waals surface area contributed by atoms with Gasteiger partial charge < -0.3 is 15.5 Å². The fourth-order valence-corrected chi connectivity index (χ4v) is 9.05. The van der Waals surface area contributed by atoms with E-state index >= 15 is 0 Å². The van der Waals surface area contributed by atoms with Gasteiger partial charge in [-0.25, -0.2) is 0 Å². The van der Waals surface area contributed by atoms with Gasteiger partial charge in [-0.15, -0.1) is 0 Å². The summed E-state index contributed by atoms with van der Waals surface area (Å²) < 4.78 is 0. The third-order valence-corrected chi connectivity index (χ3v) is 13.9. The van der Waals surface area contributed by atoms with Crippen molar-refractivity contribution in [2.45, 2.75) is 296 Å². The van der Waals surface area contributed by atoms with Crippen molar-refractivity contribution >= 4 is 5.91 Å². The maximum atomic E-state index is 12.5. The Morgan fingerprint density at radius 1 is 0.329 bits per heavy atom. The Morgan fingerprint density at radius 3 is 0.842 bits per heavy atom. The number of nitrogens with one attached hydrogen (secondary N) is 1. The minimum atomic E-state index is -0.690. The van der Waals surface area contributed by atoms with E-state index in [9.17, 15) is 15.0 Å². The van der Waals surface area contributed by atoms with Crippen LogP contribution >= 0.6 is 0 Å². The summed E-state index contributed by atoms with van der Waals surface area (Å²) in [5, 5.41) is 23.4. The Balaban J connectivity index is 3.65. The molecule has 0 fully saturated rings. The van der Waals surface area contributed by atoms with E-state index in [4.69, 9.17) is 0 Å². The Hall–Kier alpha value is -3.73. The third kappa shape index (κ3) is 61.1. The number of hydrogen-bond acceptors (Lipinski definition) is 3. The van der Waals surface area contributed by atoms with Crippen molar-refractivity contribution in [2.24, 2.45) is 0 Å². The summed E-state index contributed by atoms with van der Waals surface area (Å²) in [6.45, 7) is 4.24. The summed E-state index contributed by atoms with van der Waals surface area (Å²) in [6, 6.07) is -0.572. The SMILES string of the molecule is CC/C=C\C/C=C\C/C=C\C/C=C\C/C=C\C/C=C\C/C=C\C/C=C\C/C=C\C/C=C\C/C=C\C/C=C\CCCCC(=O)NC(CO)C(O)CCCCCCCCCCCCCCCCCCCCCCCCCCC. The van der Waals surface area contributed by atoms with Crippen LogP contribution in [-0.4, -0.2) is 34.9 Å². The van der Waals surface area contributed by atoms with Gasteiger partial charge in [0.25, 0.3) is 0 Å². The van der Waals surface area contributed by atoms with Crippen LogP contribution in [0.15, 0.2) is 146 Å². The van der Waals surface area contributed by atoms with Crippen molar-refractivity contribution in [3.8, 4) is 0 Å². The van der Waals surface area contributed by atoms with Crippen LogP contribution < -0.4 is 5.32 Å². The average molecular weight is 1050 g/mol. The van der Waals surface area contributed by atoms with Gasteiger partial charge in [-0.2, -0.15) is 0 Å². The van der Waals surface area contributed by atoms with Crippen LogP contribution in [0.4, 0.5) is 0 Å². The lowest BCUT2D eigenvalue weighted by molar-refractivity contribution is -0.123. The molecule has 0 saturated carbocycles. The summed E-state index contributed by atoms with van der Waals surface area (Å²) in [5.74, 6) is -0.0763. The Kier molecular flexibility index (Phi) is 62.3.